The van der Waals surface area contributed by atoms with Gasteiger partial charge in [0.2, 0.25) is 0 Å². The molecular weight excluding hydrogens is 528 g/mol. The average Bonchev–Trinajstić information content (AvgIpc) is 3.56. The van der Waals surface area contributed by atoms with Gasteiger partial charge in [0.25, 0.3) is 0 Å². The van der Waals surface area contributed by atoms with Crippen LogP contribution in [0.25, 0.3) is 21.8 Å². The Hall–Kier alpha value is -5.50. The van der Waals surface area contributed by atoms with E-state index in [0.717, 1.165) is 33.3 Å². The highest BCUT2D eigenvalue weighted by Crippen LogP contribution is 2.23. The van der Waals surface area contributed by atoms with Gasteiger partial charge in [-0.2, -0.15) is 9.46 Å². The number of hydrogen-bond donors (Lipinski definition) is 2. The largest absolute Gasteiger partial charge is 0.444 e. The number of anilines is 2. The summed E-state index contributed by atoms with van der Waals surface area (Å²) in [5.41, 5.74) is 5.41. The Kier molecular flexibility index (Phi) is 7.85. The topological polar surface area (TPSA) is 86.5 Å². The number of nitrogens with zero attached hydrogens (tertiary/aromatic N) is 2. The Morgan fingerprint density at radius 3 is 1.33 bits per heavy atom. The summed E-state index contributed by atoms with van der Waals surface area (Å²) >= 11 is 0. The van der Waals surface area contributed by atoms with Crippen molar-refractivity contribution in [2.24, 2.45) is 0 Å². The maximum absolute atomic E-state index is 12.9. The van der Waals surface area contributed by atoms with Gasteiger partial charge < -0.3 is 20.3 Å². The number of benzene rings is 4. The van der Waals surface area contributed by atoms with E-state index >= 15 is 0 Å². The van der Waals surface area contributed by atoms with E-state index in [4.69, 9.17) is 9.68 Å². The number of rotatable bonds is 10. The Bertz CT molecular complexity index is 1690. The first-order valence-electron chi connectivity index (χ1n) is 13.9. The van der Waals surface area contributed by atoms with Crippen LogP contribution in [0.1, 0.15) is 11.1 Å². The van der Waals surface area contributed by atoms with Gasteiger partial charge in [-0.3, -0.25) is 0 Å². The van der Waals surface area contributed by atoms with E-state index in [1.165, 1.54) is 9.46 Å². The van der Waals surface area contributed by atoms with Crippen LogP contribution >= 0.6 is 0 Å². The molecule has 0 saturated carbocycles. The van der Waals surface area contributed by atoms with Gasteiger partial charge in [0.05, 0.1) is 11.0 Å². The zero-order valence-electron chi connectivity index (χ0n) is 22.9. The van der Waals surface area contributed by atoms with Gasteiger partial charge in [-0.15, -0.1) is 0 Å². The molecule has 0 radical (unpaired) electrons. The maximum Gasteiger partial charge on any atom is 0.444 e. The van der Waals surface area contributed by atoms with Gasteiger partial charge in [-0.25, -0.2) is 9.59 Å². The minimum Gasteiger partial charge on any atom is -0.385 e. The van der Waals surface area contributed by atoms with Gasteiger partial charge >= 0.3 is 11.9 Å². The summed E-state index contributed by atoms with van der Waals surface area (Å²) in [6, 6.07) is 35.1. The lowest BCUT2D eigenvalue weighted by molar-refractivity contribution is -0.167. The van der Waals surface area contributed by atoms with Crippen molar-refractivity contribution < 1.29 is 19.3 Å². The lowest BCUT2D eigenvalue weighted by Crippen LogP contribution is -2.34. The van der Waals surface area contributed by atoms with Gasteiger partial charge in [-0.1, -0.05) is 72.8 Å². The Balaban J connectivity index is 1.13. The van der Waals surface area contributed by atoms with Crippen LogP contribution < -0.4 is 20.3 Å². The first-order valence-corrected chi connectivity index (χ1v) is 13.9. The number of aromatic nitrogens is 2. The zero-order chi connectivity index (χ0) is 28.7. The molecule has 6 rings (SSSR count). The van der Waals surface area contributed by atoms with Crippen LogP contribution in [-0.4, -0.2) is 34.5 Å². The first kappa shape index (κ1) is 26.7. The van der Waals surface area contributed by atoms with Crippen molar-refractivity contribution in [1.82, 2.24) is 9.46 Å². The fourth-order valence-electron chi connectivity index (χ4n) is 5.03. The van der Waals surface area contributed by atoms with Gasteiger partial charge in [0.15, 0.2) is 0 Å². The normalized spacial score (nSPS) is 11.0. The molecule has 0 atom stereocenters. The second kappa shape index (κ2) is 12.3. The van der Waals surface area contributed by atoms with E-state index in [-0.39, 0.29) is 0 Å². The van der Waals surface area contributed by atoms with Crippen LogP contribution in [0.5, 0.6) is 0 Å². The van der Waals surface area contributed by atoms with Gasteiger partial charge in [0, 0.05) is 47.6 Å². The average molecular weight is 559 g/mol. The molecule has 0 aliphatic carbocycles. The van der Waals surface area contributed by atoms with Crippen LogP contribution in [0.15, 0.2) is 122 Å². The third kappa shape index (κ3) is 5.97. The molecule has 4 aromatic carbocycles. The molecule has 2 N–H and O–H groups in total. The molecular formula is C34H30N4O4. The van der Waals surface area contributed by atoms with Crippen LogP contribution in [0, 0.1) is 0 Å². The van der Waals surface area contributed by atoms with Crippen molar-refractivity contribution in [3.05, 3.63) is 133 Å². The minimum atomic E-state index is -1.12. The quantitative estimate of drug-likeness (QED) is 0.216. The molecule has 0 unspecified atom stereocenters. The third-order valence-corrected chi connectivity index (χ3v) is 7.04. The lowest BCUT2D eigenvalue weighted by Gasteiger charge is -2.07. The number of carbonyl (C=O) groups is 2. The molecule has 0 bridgehead atoms. The van der Waals surface area contributed by atoms with Gasteiger partial charge in [-0.05, 0) is 60.4 Å². The summed E-state index contributed by atoms with van der Waals surface area (Å²) in [4.78, 5) is 36.8. The lowest BCUT2D eigenvalue weighted by atomic mass is 10.1. The molecule has 210 valence electrons. The summed E-state index contributed by atoms with van der Waals surface area (Å²) in [5.74, 6) is -2.23. The van der Waals surface area contributed by atoms with Crippen molar-refractivity contribution in [2.45, 2.75) is 12.8 Å². The summed E-state index contributed by atoms with van der Waals surface area (Å²) in [6.45, 7) is 1.38. The maximum atomic E-state index is 12.9. The zero-order valence-corrected chi connectivity index (χ0v) is 22.9. The summed E-state index contributed by atoms with van der Waals surface area (Å²) in [5, 5.41) is 8.67. The fraction of sp³-hybridized carbons (Fsp3) is 0.118. The van der Waals surface area contributed by atoms with E-state index in [2.05, 4.69) is 10.6 Å². The predicted molar refractivity (Wildman–Crippen MR) is 164 cm³/mol. The summed E-state index contributed by atoms with van der Waals surface area (Å²) in [6.07, 6.45) is 4.88. The van der Waals surface area contributed by atoms with Crippen LogP contribution in [0.2, 0.25) is 0 Å². The van der Waals surface area contributed by atoms with E-state index in [9.17, 15) is 9.59 Å². The molecule has 0 fully saturated rings. The van der Waals surface area contributed by atoms with Crippen LogP contribution in [0.4, 0.5) is 11.4 Å². The standard InChI is InChI=1S/C34H30N4O4/c39-33(41-37-23-25(29-15-7-9-17-31(29)37)19-21-35-27-11-3-1-4-12-27)34(40)42-38-24-26(30-16-8-10-18-32(30)38)20-22-36-28-13-5-2-6-14-28/h1-18,23-24,35-36H,19-22H2. The van der Waals surface area contributed by atoms with Crippen LogP contribution in [-0.2, 0) is 22.4 Å². The molecule has 0 aliphatic heterocycles. The van der Waals surface area contributed by atoms with Crippen LogP contribution in [0.3, 0.4) is 0 Å². The highest BCUT2D eigenvalue weighted by atomic mass is 16.7. The monoisotopic (exact) mass is 558 g/mol. The molecule has 2 heterocycles. The number of fused-ring (bicyclic) bond motifs is 2. The van der Waals surface area contributed by atoms with Gasteiger partial charge in [0.1, 0.15) is 0 Å². The highest BCUT2D eigenvalue weighted by molar-refractivity contribution is 6.30. The van der Waals surface area contributed by atoms with Crippen molar-refractivity contribution >= 4 is 45.1 Å². The van der Waals surface area contributed by atoms with E-state index < -0.39 is 11.9 Å². The number of nitrogens with one attached hydrogen (secondary N) is 2. The second-order valence-electron chi connectivity index (χ2n) is 9.84. The summed E-state index contributed by atoms with van der Waals surface area (Å²) in [7, 11) is 0. The van der Waals surface area contributed by atoms with Crippen molar-refractivity contribution in [2.75, 3.05) is 23.7 Å². The van der Waals surface area contributed by atoms with E-state index in [0.29, 0.717) is 37.0 Å². The number of para-hydroxylation sites is 4. The number of hydrogen-bond acceptors (Lipinski definition) is 6. The first-order chi connectivity index (χ1) is 20.7. The Morgan fingerprint density at radius 1 is 0.524 bits per heavy atom. The smallest absolute Gasteiger partial charge is 0.385 e. The molecule has 0 aliphatic rings. The molecule has 42 heavy (non-hydrogen) atoms. The molecule has 8 nitrogen and oxygen atoms in total. The highest BCUT2D eigenvalue weighted by Gasteiger charge is 2.23. The van der Waals surface area contributed by atoms with Crippen molar-refractivity contribution in [3.8, 4) is 0 Å². The molecule has 0 spiro atoms. The minimum absolute atomic E-state index is 0.688. The van der Waals surface area contributed by atoms with E-state index in [1.807, 2.05) is 109 Å². The predicted octanol–water partition coefficient (Wildman–Crippen LogP) is 5.52. The molecule has 0 saturated heterocycles. The third-order valence-electron chi connectivity index (χ3n) is 7.04. The van der Waals surface area contributed by atoms with E-state index in [1.54, 1.807) is 12.4 Å². The molecule has 2 aromatic heterocycles. The SMILES string of the molecule is O=C(On1cc(CCNc2ccccc2)c2ccccc21)C(=O)On1cc(CCNc2ccccc2)c2ccccc21. The fourth-order valence-corrected chi connectivity index (χ4v) is 5.03. The Labute approximate surface area is 243 Å². The van der Waals surface area contributed by atoms with Crippen molar-refractivity contribution in [1.29, 1.82) is 0 Å². The summed E-state index contributed by atoms with van der Waals surface area (Å²) < 4.78 is 2.68. The molecule has 6 aromatic rings. The molecule has 0 amide bonds. The Morgan fingerprint density at radius 2 is 0.905 bits per heavy atom. The molecule has 8 heteroatoms. The number of carbonyl (C=O) groups excluding carboxylic acids is 2. The second-order valence-corrected chi connectivity index (χ2v) is 9.84. The van der Waals surface area contributed by atoms with Crippen molar-refractivity contribution in [3.63, 3.8) is 0 Å².